The summed E-state index contributed by atoms with van der Waals surface area (Å²) in [7, 11) is 1.85. The Balaban J connectivity index is 1.65. The van der Waals surface area contributed by atoms with E-state index in [1.165, 1.54) is 53.2 Å². The molecule has 1 N–H and O–H groups in total. The maximum absolute atomic E-state index is 10.6. The Bertz CT molecular complexity index is 1530. The molecular weight excluding hydrogens is 411 g/mol. The first-order chi connectivity index (χ1) is 15.3. The third kappa shape index (κ3) is 2.73. The molecule has 0 atom stereocenters. The van der Waals surface area contributed by atoms with Crippen molar-refractivity contribution in [1.29, 1.82) is 0 Å². The number of hydrogen-bond acceptors (Lipinski definition) is 3. The zero-order valence-corrected chi connectivity index (χ0v) is 19.5. The topological polar surface area (TPSA) is 29.5 Å². The molecule has 1 aliphatic carbocycles. The second kappa shape index (κ2) is 6.68. The molecule has 1 aromatic heterocycles. The summed E-state index contributed by atoms with van der Waals surface area (Å²) in [5.41, 5.74) is 4.53. The molecule has 157 valence electrons. The Morgan fingerprint density at radius 3 is 2.28 bits per heavy atom. The van der Waals surface area contributed by atoms with Gasteiger partial charge in [0, 0.05) is 15.0 Å². The minimum Gasteiger partial charge on any atom is -0.427 e. The van der Waals surface area contributed by atoms with E-state index in [1.54, 1.807) is 13.8 Å². The summed E-state index contributed by atoms with van der Waals surface area (Å²) in [4.78, 5) is 0. The van der Waals surface area contributed by atoms with Gasteiger partial charge in [-0.15, -0.1) is 11.3 Å². The molecule has 1 heterocycles. The van der Waals surface area contributed by atoms with Crippen LogP contribution in [0.5, 0.6) is 0 Å². The molecule has 0 saturated heterocycles. The second-order valence-electron chi connectivity index (χ2n) is 9.70. The average molecular weight is 435 g/mol. The highest BCUT2D eigenvalue weighted by atomic mass is 32.1. The summed E-state index contributed by atoms with van der Waals surface area (Å²) in [6.45, 7) is 7.43. The molecule has 1 radical (unpaired) electrons. The van der Waals surface area contributed by atoms with E-state index in [4.69, 9.17) is 4.65 Å². The van der Waals surface area contributed by atoms with Gasteiger partial charge in [-0.3, -0.25) is 0 Å². The number of fused-ring (bicyclic) bond motifs is 7. The van der Waals surface area contributed by atoms with Crippen LogP contribution in [0.15, 0.2) is 66.7 Å². The summed E-state index contributed by atoms with van der Waals surface area (Å²) in [6.07, 6.45) is 0. The largest absolute Gasteiger partial charge is 0.427 e. The van der Waals surface area contributed by atoms with Crippen molar-refractivity contribution in [2.75, 3.05) is 0 Å². The van der Waals surface area contributed by atoms with Crippen molar-refractivity contribution in [3.63, 3.8) is 0 Å². The molecule has 32 heavy (non-hydrogen) atoms. The lowest BCUT2D eigenvalue weighted by molar-refractivity contribution is -0.0893. The lowest BCUT2D eigenvalue weighted by atomic mass is 9.79. The molecule has 0 spiro atoms. The lowest BCUT2D eigenvalue weighted by Gasteiger charge is -2.37. The van der Waals surface area contributed by atoms with Gasteiger partial charge in [-0.1, -0.05) is 60.7 Å². The van der Waals surface area contributed by atoms with Crippen molar-refractivity contribution in [3.8, 4) is 22.3 Å². The third-order valence-electron chi connectivity index (χ3n) is 7.10. The first-order valence-electron chi connectivity index (χ1n) is 11.0. The Morgan fingerprint density at radius 2 is 1.53 bits per heavy atom. The van der Waals surface area contributed by atoms with Gasteiger partial charge < -0.3 is 9.76 Å². The highest BCUT2D eigenvalue weighted by molar-refractivity contribution is 7.26. The van der Waals surface area contributed by atoms with Crippen LogP contribution >= 0.6 is 11.3 Å². The fraction of sp³-hybridized carbons (Fsp3) is 0.214. The van der Waals surface area contributed by atoms with Gasteiger partial charge >= 0.3 is 7.48 Å². The molecule has 0 bridgehead atoms. The van der Waals surface area contributed by atoms with Gasteiger partial charge in [0.25, 0.3) is 0 Å². The number of hydrogen-bond donors (Lipinski definition) is 1. The summed E-state index contributed by atoms with van der Waals surface area (Å²) in [6, 6.07) is 24.0. The van der Waals surface area contributed by atoms with Crippen molar-refractivity contribution in [3.05, 3.63) is 66.7 Å². The van der Waals surface area contributed by atoms with E-state index in [2.05, 4.69) is 66.7 Å². The number of rotatable bonds is 4. The predicted octanol–water partition coefficient (Wildman–Crippen LogP) is 6.67. The molecule has 0 unspecified atom stereocenters. The molecule has 4 heteroatoms. The first-order valence-corrected chi connectivity index (χ1v) is 11.8. The molecule has 4 aromatic carbocycles. The number of thiophene rings is 1. The molecule has 0 amide bonds. The van der Waals surface area contributed by atoms with Crippen molar-refractivity contribution < 1.29 is 9.76 Å². The van der Waals surface area contributed by atoms with Crippen LogP contribution in [0, 0.1) is 0 Å². The van der Waals surface area contributed by atoms with Crippen LogP contribution in [-0.2, 0) is 4.65 Å². The first kappa shape index (κ1) is 20.0. The minimum atomic E-state index is -0.974. The van der Waals surface area contributed by atoms with Gasteiger partial charge in [0.15, 0.2) is 0 Å². The fourth-order valence-corrected chi connectivity index (χ4v) is 5.93. The van der Waals surface area contributed by atoms with E-state index in [0.29, 0.717) is 0 Å². The molecule has 2 nitrogen and oxygen atoms in total. The van der Waals surface area contributed by atoms with Gasteiger partial charge in [-0.25, -0.2) is 0 Å². The Labute approximate surface area is 192 Å². The van der Waals surface area contributed by atoms with Crippen LogP contribution in [0.3, 0.4) is 0 Å². The number of benzene rings is 4. The normalized spacial score (nSPS) is 13.3. The third-order valence-corrected chi connectivity index (χ3v) is 8.29. The summed E-state index contributed by atoms with van der Waals surface area (Å²) in [5.74, 6) is 0. The van der Waals surface area contributed by atoms with E-state index >= 15 is 0 Å². The Hall–Kier alpha value is -2.66. The quantitative estimate of drug-likeness (QED) is 0.314. The second-order valence-corrected chi connectivity index (χ2v) is 10.8. The minimum absolute atomic E-state index is 0.729. The monoisotopic (exact) mass is 435 g/mol. The molecule has 0 saturated carbocycles. The molecule has 5 aromatic rings. The maximum atomic E-state index is 10.6. The van der Waals surface area contributed by atoms with E-state index in [9.17, 15) is 5.11 Å². The van der Waals surface area contributed by atoms with Crippen molar-refractivity contribution in [1.82, 2.24) is 0 Å². The fourth-order valence-electron chi connectivity index (χ4n) is 4.63. The Morgan fingerprint density at radius 1 is 0.812 bits per heavy atom. The van der Waals surface area contributed by atoms with E-state index in [0.717, 1.165) is 5.46 Å². The van der Waals surface area contributed by atoms with Gasteiger partial charge in [0.2, 0.25) is 0 Å². The van der Waals surface area contributed by atoms with Crippen molar-refractivity contribution in [2.45, 2.75) is 38.9 Å². The van der Waals surface area contributed by atoms with E-state index in [1.807, 2.05) is 32.7 Å². The molecule has 6 rings (SSSR count). The van der Waals surface area contributed by atoms with Crippen LogP contribution in [0.25, 0.3) is 53.2 Å². The van der Waals surface area contributed by atoms with Gasteiger partial charge in [0.05, 0.1) is 11.2 Å². The lowest BCUT2D eigenvalue weighted by Crippen LogP contribution is -2.49. The average Bonchev–Trinajstić information content (AvgIpc) is 3.29. The molecular formula is C28H24BO2S. The smallest absolute Gasteiger partial charge is 0.331 e. The van der Waals surface area contributed by atoms with Gasteiger partial charge in [-0.05, 0) is 77.5 Å². The van der Waals surface area contributed by atoms with Crippen molar-refractivity contribution in [2.24, 2.45) is 0 Å². The van der Waals surface area contributed by atoms with Gasteiger partial charge in [0.1, 0.15) is 0 Å². The SMILES string of the molecule is CC(C)(O)C(C)(C)O[B]c1cc2c(c3sc4ccccc4c13)-c1cccc3cccc-2c13. The van der Waals surface area contributed by atoms with Crippen LogP contribution in [0.1, 0.15) is 27.7 Å². The molecule has 0 fully saturated rings. The van der Waals surface area contributed by atoms with Gasteiger partial charge in [-0.2, -0.15) is 0 Å². The summed E-state index contributed by atoms with van der Waals surface area (Å²) >= 11 is 1.85. The van der Waals surface area contributed by atoms with E-state index < -0.39 is 11.2 Å². The zero-order chi connectivity index (χ0) is 22.3. The zero-order valence-electron chi connectivity index (χ0n) is 18.7. The molecule has 1 aliphatic rings. The van der Waals surface area contributed by atoms with Crippen molar-refractivity contribution >= 4 is 55.2 Å². The molecule has 0 aliphatic heterocycles. The maximum Gasteiger partial charge on any atom is 0.331 e. The summed E-state index contributed by atoms with van der Waals surface area (Å²) in [5, 5.41) is 15.7. The van der Waals surface area contributed by atoms with E-state index in [-0.39, 0.29) is 0 Å². The van der Waals surface area contributed by atoms with Crippen LogP contribution in [0.2, 0.25) is 0 Å². The Kier molecular flexibility index (Phi) is 4.17. The predicted molar refractivity (Wildman–Crippen MR) is 138 cm³/mol. The highest BCUT2D eigenvalue weighted by Crippen LogP contribution is 2.52. The highest BCUT2D eigenvalue weighted by Gasteiger charge is 2.36. The van der Waals surface area contributed by atoms with Crippen LogP contribution in [-0.4, -0.2) is 23.8 Å². The number of aliphatic hydroxyl groups is 1. The standard InChI is InChI=1S/C28H24BO2S/c1-27(2,30)28(3,4)31-29-21-15-20-17-12-7-9-16-10-8-13-19(23(16)17)24(20)26-25(21)18-11-5-6-14-22(18)32-26/h5-15,30H,1-4H3. The van der Waals surface area contributed by atoms with Crippen LogP contribution < -0.4 is 5.46 Å². The van der Waals surface area contributed by atoms with Crippen LogP contribution in [0.4, 0.5) is 0 Å². The summed E-state index contributed by atoms with van der Waals surface area (Å²) < 4.78 is 8.81.